The molecule has 0 unspecified atom stereocenters. The van der Waals surface area contributed by atoms with Gasteiger partial charge in [-0.05, 0) is 12.3 Å². The SMILES string of the molecule is COC1=N[C@H](CCI)C(OC)=N[C@H]1C(C)C. The number of hydrogen-bond donors (Lipinski definition) is 0. The lowest BCUT2D eigenvalue weighted by molar-refractivity contribution is 0.332. The molecule has 4 nitrogen and oxygen atoms in total. The molecule has 1 heterocycles. The Balaban J connectivity index is 2.92. The van der Waals surface area contributed by atoms with Gasteiger partial charge in [0, 0.05) is 4.43 Å². The fourth-order valence-corrected chi connectivity index (χ4v) is 2.24. The Kier molecular flexibility index (Phi) is 5.51. The van der Waals surface area contributed by atoms with Gasteiger partial charge in [0.25, 0.3) is 0 Å². The molecule has 0 amide bonds. The van der Waals surface area contributed by atoms with Crippen LogP contribution in [0.5, 0.6) is 0 Å². The molecule has 1 rings (SSSR count). The molecule has 0 N–H and O–H groups in total. The third-order valence-corrected chi connectivity index (χ3v) is 3.14. The van der Waals surface area contributed by atoms with Crippen molar-refractivity contribution in [3.05, 3.63) is 0 Å². The standard InChI is InChI=1S/C11H19IN2O2/c1-7(2)9-11(16-4)13-8(5-6-12)10(14-9)15-3/h7-9H,5-6H2,1-4H3/t8-,9+/m1/s1. The van der Waals surface area contributed by atoms with Gasteiger partial charge in [0.2, 0.25) is 11.8 Å². The molecule has 92 valence electrons. The Morgan fingerprint density at radius 3 is 2.25 bits per heavy atom. The maximum Gasteiger partial charge on any atom is 0.209 e. The fraction of sp³-hybridized carbons (Fsp3) is 0.818. The van der Waals surface area contributed by atoms with E-state index in [1.165, 1.54) is 0 Å². The molecule has 0 bridgehead atoms. The molecule has 5 heteroatoms. The van der Waals surface area contributed by atoms with Crippen molar-refractivity contribution >= 4 is 34.4 Å². The highest BCUT2D eigenvalue weighted by Crippen LogP contribution is 2.19. The van der Waals surface area contributed by atoms with Crippen molar-refractivity contribution in [3.63, 3.8) is 0 Å². The van der Waals surface area contributed by atoms with Gasteiger partial charge in [-0.15, -0.1) is 0 Å². The first-order chi connectivity index (χ1) is 7.63. The highest BCUT2D eigenvalue weighted by Gasteiger charge is 2.30. The van der Waals surface area contributed by atoms with Crippen LogP contribution in [-0.2, 0) is 9.47 Å². The molecular formula is C11H19IN2O2. The van der Waals surface area contributed by atoms with E-state index >= 15 is 0 Å². The molecule has 1 aliphatic heterocycles. The molecule has 0 radical (unpaired) electrons. The van der Waals surface area contributed by atoms with E-state index in [1.807, 2.05) is 0 Å². The zero-order valence-electron chi connectivity index (χ0n) is 10.2. The van der Waals surface area contributed by atoms with Crippen LogP contribution in [0.2, 0.25) is 0 Å². The molecule has 0 fully saturated rings. The Bertz CT molecular complexity index is 290. The van der Waals surface area contributed by atoms with Crippen LogP contribution >= 0.6 is 22.6 Å². The number of aliphatic imine (C=N–C) groups is 2. The fourth-order valence-electron chi connectivity index (χ4n) is 1.65. The molecule has 0 spiro atoms. The van der Waals surface area contributed by atoms with E-state index in [1.54, 1.807) is 14.2 Å². The van der Waals surface area contributed by atoms with Gasteiger partial charge in [-0.3, -0.25) is 0 Å². The summed E-state index contributed by atoms with van der Waals surface area (Å²) in [4.78, 5) is 9.17. The summed E-state index contributed by atoms with van der Waals surface area (Å²) in [7, 11) is 3.31. The van der Waals surface area contributed by atoms with E-state index < -0.39 is 0 Å². The minimum absolute atomic E-state index is 0.00888. The van der Waals surface area contributed by atoms with Gasteiger partial charge in [0.15, 0.2) is 0 Å². The molecule has 1 aliphatic rings. The van der Waals surface area contributed by atoms with E-state index in [4.69, 9.17) is 9.47 Å². The van der Waals surface area contributed by atoms with Crippen LogP contribution in [-0.4, -0.2) is 42.5 Å². The summed E-state index contributed by atoms with van der Waals surface area (Å²) in [6.45, 7) is 4.21. The lowest BCUT2D eigenvalue weighted by Gasteiger charge is -2.26. The number of hydrogen-bond acceptors (Lipinski definition) is 4. The summed E-state index contributed by atoms with van der Waals surface area (Å²) in [6.07, 6.45) is 0.935. The molecule has 16 heavy (non-hydrogen) atoms. The van der Waals surface area contributed by atoms with Crippen molar-refractivity contribution in [2.75, 3.05) is 18.6 Å². The summed E-state index contributed by atoms with van der Waals surface area (Å²) < 4.78 is 11.7. The Morgan fingerprint density at radius 2 is 1.81 bits per heavy atom. The van der Waals surface area contributed by atoms with Crippen LogP contribution in [0, 0.1) is 5.92 Å². The third-order valence-electron chi connectivity index (χ3n) is 2.52. The molecule has 0 aromatic heterocycles. The molecule has 0 saturated carbocycles. The van der Waals surface area contributed by atoms with Crippen LogP contribution in [0.25, 0.3) is 0 Å². The van der Waals surface area contributed by atoms with Crippen molar-refractivity contribution in [1.29, 1.82) is 0 Å². The first-order valence-corrected chi connectivity index (χ1v) is 6.95. The van der Waals surface area contributed by atoms with Gasteiger partial charge in [0.1, 0.15) is 12.1 Å². The minimum atomic E-state index is -0.00888. The van der Waals surface area contributed by atoms with Crippen molar-refractivity contribution in [2.24, 2.45) is 15.9 Å². The Hall–Kier alpha value is -0.330. The van der Waals surface area contributed by atoms with Gasteiger partial charge in [-0.2, -0.15) is 0 Å². The molecule has 0 saturated heterocycles. The van der Waals surface area contributed by atoms with E-state index in [2.05, 4.69) is 46.4 Å². The topological polar surface area (TPSA) is 43.2 Å². The van der Waals surface area contributed by atoms with Crippen LogP contribution in [0.1, 0.15) is 20.3 Å². The first-order valence-electron chi connectivity index (χ1n) is 5.43. The first kappa shape index (κ1) is 13.7. The van der Waals surface area contributed by atoms with Gasteiger partial charge >= 0.3 is 0 Å². The summed E-state index contributed by atoms with van der Waals surface area (Å²) in [5.74, 6) is 1.83. The lowest BCUT2D eigenvalue weighted by atomic mass is 10.0. The average Bonchev–Trinajstić information content (AvgIpc) is 2.28. The second-order valence-corrected chi connectivity index (χ2v) is 5.10. The maximum absolute atomic E-state index is 5.32. The number of methoxy groups -OCH3 is 2. The van der Waals surface area contributed by atoms with Crippen LogP contribution in [0.3, 0.4) is 0 Å². The zero-order valence-corrected chi connectivity index (χ0v) is 12.4. The molecule has 0 aromatic carbocycles. The quantitative estimate of drug-likeness (QED) is 0.585. The van der Waals surface area contributed by atoms with Crippen molar-refractivity contribution < 1.29 is 9.47 Å². The predicted molar refractivity (Wildman–Crippen MR) is 74.8 cm³/mol. The predicted octanol–water partition coefficient (Wildman–Crippen LogP) is 2.31. The highest BCUT2D eigenvalue weighted by atomic mass is 127. The second kappa shape index (κ2) is 6.42. The van der Waals surface area contributed by atoms with E-state index in [9.17, 15) is 0 Å². The maximum atomic E-state index is 5.32. The van der Waals surface area contributed by atoms with Crippen molar-refractivity contribution in [3.8, 4) is 0 Å². The van der Waals surface area contributed by atoms with E-state index in [-0.39, 0.29) is 12.1 Å². The smallest absolute Gasteiger partial charge is 0.209 e. The van der Waals surface area contributed by atoms with Crippen LogP contribution in [0.4, 0.5) is 0 Å². The Labute approximate surface area is 111 Å². The van der Waals surface area contributed by atoms with Gasteiger partial charge in [0.05, 0.1) is 14.2 Å². The summed E-state index contributed by atoms with van der Waals surface area (Å²) >= 11 is 2.33. The Morgan fingerprint density at radius 1 is 1.19 bits per heavy atom. The minimum Gasteiger partial charge on any atom is -0.483 e. The van der Waals surface area contributed by atoms with Crippen molar-refractivity contribution in [2.45, 2.75) is 32.4 Å². The van der Waals surface area contributed by atoms with E-state index in [0.29, 0.717) is 5.92 Å². The largest absolute Gasteiger partial charge is 0.483 e. The monoisotopic (exact) mass is 338 g/mol. The van der Waals surface area contributed by atoms with E-state index in [0.717, 1.165) is 22.6 Å². The third kappa shape index (κ3) is 3.09. The van der Waals surface area contributed by atoms with Gasteiger partial charge in [-0.1, -0.05) is 36.4 Å². The molecule has 0 aliphatic carbocycles. The molecule has 2 atom stereocenters. The molecule has 0 aromatic rings. The number of ether oxygens (including phenoxy) is 2. The van der Waals surface area contributed by atoms with Crippen LogP contribution < -0.4 is 0 Å². The van der Waals surface area contributed by atoms with Gasteiger partial charge < -0.3 is 9.47 Å². The van der Waals surface area contributed by atoms with Crippen molar-refractivity contribution in [1.82, 2.24) is 0 Å². The summed E-state index contributed by atoms with van der Waals surface area (Å²) in [6, 6.07) is 0.0114. The van der Waals surface area contributed by atoms with Gasteiger partial charge in [-0.25, -0.2) is 9.98 Å². The number of halogens is 1. The lowest BCUT2D eigenvalue weighted by Crippen LogP contribution is -2.37. The number of alkyl halides is 1. The number of nitrogens with zero attached hydrogens (tertiary/aromatic N) is 2. The normalized spacial score (nSPS) is 25.1. The average molecular weight is 338 g/mol. The summed E-state index contributed by atoms with van der Waals surface area (Å²) in [5, 5.41) is 0. The van der Waals surface area contributed by atoms with Crippen LogP contribution in [0.15, 0.2) is 9.98 Å². The second-order valence-electron chi connectivity index (χ2n) is 4.03. The molecular weight excluding hydrogens is 319 g/mol. The zero-order chi connectivity index (χ0) is 12.1. The summed E-state index contributed by atoms with van der Waals surface area (Å²) in [5.41, 5.74) is 0. The highest BCUT2D eigenvalue weighted by molar-refractivity contribution is 14.1. The number of rotatable bonds is 3.